The maximum absolute atomic E-state index is 12.0. The zero-order valence-electron chi connectivity index (χ0n) is 10.7. The molecule has 106 valence electrons. The van der Waals surface area contributed by atoms with Crippen LogP contribution in [0.4, 0.5) is 5.69 Å². The first kappa shape index (κ1) is 15.1. The first-order valence-corrected chi connectivity index (χ1v) is 5.49. The standard InChI is InChI=1S/C10H15N3O6/c1-18-5-3-11-7-8(13(16)17)9(14)12(10(11)15)4-6-19-2/h7H,3-6H2,1-2H3. The first-order valence-electron chi connectivity index (χ1n) is 5.49. The molecule has 0 unspecified atom stereocenters. The molecule has 9 nitrogen and oxygen atoms in total. The summed E-state index contributed by atoms with van der Waals surface area (Å²) >= 11 is 0. The normalized spacial score (nSPS) is 10.6. The van der Waals surface area contributed by atoms with Crippen molar-refractivity contribution in [3.05, 3.63) is 37.1 Å². The lowest BCUT2D eigenvalue weighted by Crippen LogP contribution is -2.41. The molecule has 0 saturated carbocycles. The van der Waals surface area contributed by atoms with E-state index < -0.39 is 21.9 Å². The van der Waals surface area contributed by atoms with Crippen molar-refractivity contribution >= 4 is 5.69 Å². The van der Waals surface area contributed by atoms with Crippen LogP contribution in [0.3, 0.4) is 0 Å². The third-order valence-corrected chi connectivity index (χ3v) is 2.47. The third-order valence-electron chi connectivity index (χ3n) is 2.47. The molecule has 0 aromatic carbocycles. The molecule has 0 atom stereocenters. The molecule has 0 N–H and O–H groups in total. The number of methoxy groups -OCH3 is 2. The van der Waals surface area contributed by atoms with E-state index in [1.807, 2.05) is 0 Å². The molecule has 1 aromatic heterocycles. The highest BCUT2D eigenvalue weighted by Crippen LogP contribution is 2.00. The number of nitro groups is 1. The van der Waals surface area contributed by atoms with Gasteiger partial charge in [-0.3, -0.25) is 24.0 Å². The van der Waals surface area contributed by atoms with Gasteiger partial charge in [-0.15, -0.1) is 0 Å². The highest BCUT2D eigenvalue weighted by Gasteiger charge is 2.19. The Balaban J connectivity index is 3.34. The van der Waals surface area contributed by atoms with Gasteiger partial charge in [0.25, 0.3) is 0 Å². The molecule has 0 aliphatic heterocycles. The monoisotopic (exact) mass is 273 g/mol. The largest absolute Gasteiger partial charge is 0.383 e. The van der Waals surface area contributed by atoms with E-state index in [9.17, 15) is 19.7 Å². The zero-order valence-corrected chi connectivity index (χ0v) is 10.7. The fourth-order valence-electron chi connectivity index (χ4n) is 1.49. The summed E-state index contributed by atoms with van der Waals surface area (Å²) in [5, 5.41) is 10.8. The van der Waals surface area contributed by atoms with Crippen LogP contribution in [0.25, 0.3) is 0 Å². The van der Waals surface area contributed by atoms with Crippen LogP contribution in [0, 0.1) is 10.1 Å². The number of nitrogens with zero attached hydrogens (tertiary/aromatic N) is 3. The third kappa shape index (κ3) is 3.48. The molecule has 0 aliphatic rings. The minimum absolute atomic E-state index is 0.0389. The van der Waals surface area contributed by atoms with Gasteiger partial charge in [-0.1, -0.05) is 0 Å². The quantitative estimate of drug-likeness (QED) is 0.476. The minimum Gasteiger partial charge on any atom is -0.383 e. The molecule has 0 radical (unpaired) electrons. The Kier molecular flexibility index (Phi) is 5.39. The Morgan fingerprint density at radius 1 is 1.21 bits per heavy atom. The predicted octanol–water partition coefficient (Wildman–Crippen LogP) is -0.789. The second-order valence-electron chi connectivity index (χ2n) is 3.69. The number of ether oxygens (including phenoxy) is 2. The fourth-order valence-corrected chi connectivity index (χ4v) is 1.49. The van der Waals surface area contributed by atoms with E-state index >= 15 is 0 Å². The Morgan fingerprint density at radius 3 is 2.32 bits per heavy atom. The molecule has 0 fully saturated rings. The Labute approximate surface area is 108 Å². The molecule has 9 heteroatoms. The van der Waals surface area contributed by atoms with Crippen molar-refractivity contribution in [2.45, 2.75) is 13.1 Å². The summed E-state index contributed by atoms with van der Waals surface area (Å²) in [5.41, 5.74) is -2.20. The topological polar surface area (TPSA) is 106 Å². The van der Waals surface area contributed by atoms with Gasteiger partial charge in [0.2, 0.25) is 0 Å². The summed E-state index contributed by atoms with van der Waals surface area (Å²) in [6.45, 7) is 0.409. The van der Waals surface area contributed by atoms with Gasteiger partial charge in [0, 0.05) is 14.2 Å². The van der Waals surface area contributed by atoms with Crippen LogP contribution < -0.4 is 11.2 Å². The molecular weight excluding hydrogens is 258 g/mol. The lowest BCUT2D eigenvalue weighted by molar-refractivity contribution is -0.387. The van der Waals surface area contributed by atoms with Crippen LogP contribution in [0.15, 0.2) is 15.8 Å². The summed E-state index contributed by atoms with van der Waals surface area (Å²) in [6.07, 6.45) is 0.937. The van der Waals surface area contributed by atoms with E-state index in [1.54, 1.807) is 0 Å². The van der Waals surface area contributed by atoms with Crippen LogP contribution in [-0.2, 0) is 22.6 Å². The van der Waals surface area contributed by atoms with Gasteiger partial charge in [0.15, 0.2) is 0 Å². The van der Waals surface area contributed by atoms with Crippen molar-refractivity contribution < 1.29 is 14.4 Å². The van der Waals surface area contributed by atoms with Crippen LogP contribution in [0.2, 0.25) is 0 Å². The van der Waals surface area contributed by atoms with Crippen LogP contribution in [-0.4, -0.2) is 41.5 Å². The second-order valence-corrected chi connectivity index (χ2v) is 3.69. The van der Waals surface area contributed by atoms with Gasteiger partial charge < -0.3 is 9.47 Å². The van der Waals surface area contributed by atoms with Crippen molar-refractivity contribution in [2.24, 2.45) is 0 Å². The predicted molar refractivity (Wildman–Crippen MR) is 65.4 cm³/mol. The molecule has 1 rings (SSSR count). The molecule has 0 saturated heterocycles. The molecule has 0 bridgehead atoms. The average molecular weight is 273 g/mol. The summed E-state index contributed by atoms with van der Waals surface area (Å²) in [5.74, 6) is 0. The van der Waals surface area contributed by atoms with E-state index in [0.29, 0.717) is 0 Å². The van der Waals surface area contributed by atoms with Crippen LogP contribution in [0.1, 0.15) is 0 Å². The smallest absolute Gasteiger partial charge is 0.350 e. The van der Waals surface area contributed by atoms with Gasteiger partial charge in [-0.25, -0.2) is 4.79 Å². The van der Waals surface area contributed by atoms with Crippen LogP contribution >= 0.6 is 0 Å². The Hall–Kier alpha value is -2.00. The molecule has 1 aromatic rings. The van der Waals surface area contributed by atoms with Crippen molar-refractivity contribution in [3.8, 4) is 0 Å². The SMILES string of the molecule is COCCn1cc([N+](=O)[O-])c(=O)n(CCOC)c1=O. The van der Waals surface area contributed by atoms with E-state index in [4.69, 9.17) is 9.47 Å². The summed E-state index contributed by atoms with van der Waals surface area (Å²) in [4.78, 5) is 33.7. The molecular formula is C10H15N3O6. The van der Waals surface area contributed by atoms with Gasteiger partial charge in [0.05, 0.1) is 37.4 Å². The Morgan fingerprint density at radius 2 is 1.79 bits per heavy atom. The molecule has 1 heterocycles. The number of rotatable bonds is 7. The second kappa shape index (κ2) is 6.81. The zero-order chi connectivity index (χ0) is 14.4. The summed E-state index contributed by atoms with van der Waals surface area (Å²) in [7, 11) is 2.85. The van der Waals surface area contributed by atoms with Crippen LogP contribution in [0.5, 0.6) is 0 Å². The summed E-state index contributed by atoms with van der Waals surface area (Å²) < 4.78 is 11.5. The van der Waals surface area contributed by atoms with Gasteiger partial charge in [-0.2, -0.15) is 0 Å². The van der Waals surface area contributed by atoms with Crippen molar-refractivity contribution in [1.82, 2.24) is 9.13 Å². The van der Waals surface area contributed by atoms with E-state index in [2.05, 4.69) is 0 Å². The van der Waals surface area contributed by atoms with Gasteiger partial charge in [0.1, 0.15) is 0 Å². The summed E-state index contributed by atoms with van der Waals surface area (Å²) in [6, 6.07) is 0. The minimum atomic E-state index is -0.930. The maximum atomic E-state index is 12.0. The maximum Gasteiger partial charge on any atom is 0.350 e. The molecule has 0 amide bonds. The van der Waals surface area contributed by atoms with Crippen molar-refractivity contribution in [2.75, 3.05) is 27.4 Å². The molecule has 19 heavy (non-hydrogen) atoms. The van der Waals surface area contributed by atoms with Gasteiger partial charge in [-0.05, 0) is 0 Å². The lowest BCUT2D eigenvalue weighted by atomic mass is 10.4. The Bertz CT molecular complexity index is 561. The molecule has 0 aliphatic carbocycles. The highest BCUT2D eigenvalue weighted by molar-refractivity contribution is 5.21. The first-order chi connectivity index (χ1) is 9.02. The van der Waals surface area contributed by atoms with Crippen molar-refractivity contribution in [3.63, 3.8) is 0 Å². The van der Waals surface area contributed by atoms with E-state index in [0.717, 1.165) is 15.3 Å². The average Bonchev–Trinajstić information content (AvgIpc) is 2.37. The highest BCUT2D eigenvalue weighted by atomic mass is 16.6. The number of hydrogen-bond acceptors (Lipinski definition) is 6. The van der Waals surface area contributed by atoms with Crippen molar-refractivity contribution in [1.29, 1.82) is 0 Å². The van der Waals surface area contributed by atoms with E-state index in [-0.39, 0.29) is 26.3 Å². The lowest BCUT2D eigenvalue weighted by Gasteiger charge is -2.09. The van der Waals surface area contributed by atoms with E-state index in [1.165, 1.54) is 14.2 Å². The number of aromatic nitrogens is 2. The van der Waals surface area contributed by atoms with Gasteiger partial charge >= 0.3 is 16.9 Å². The molecule has 0 spiro atoms. The fraction of sp³-hybridized carbons (Fsp3) is 0.600. The number of hydrogen-bond donors (Lipinski definition) is 0.